The first kappa shape index (κ1) is 10.8. The molecule has 2 fully saturated rings. The molecule has 0 N–H and O–H groups in total. The van der Waals surface area contributed by atoms with E-state index in [1.807, 2.05) is 12.1 Å². The lowest BCUT2D eigenvalue weighted by Gasteiger charge is -2.15. The fourth-order valence-electron chi connectivity index (χ4n) is 2.45. The topological polar surface area (TPSA) is 40.6 Å². The van der Waals surface area contributed by atoms with Gasteiger partial charge in [0.05, 0.1) is 5.69 Å². The summed E-state index contributed by atoms with van der Waals surface area (Å²) in [6, 6.07) is 6.81. The van der Waals surface area contributed by atoms with Crippen LogP contribution in [-0.2, 0) is 4.79 Å². The second-order valence-corrected chi connectivity index (χ2v) is 5.20. The third kappa shape index (κ3) is 1.57. The van der Waals surface area contributed by atoms with Crippen molar-refractivity contribution in [1.29, 1.82) is 0 Å². The molecule has 1 aromatic carbocycles. The molecule has 0 aliphatic carbocycles. The maximum atomic E-state index is 12.1. The Labute approximate surface area is 107 Å². The predicted molar refractivity (Wildman–Crippen MR) is 66.8 cm³/mol. The van der Waals surface area contributed by atoms with Crippen molar-refractivity contribution in [3.63, 3.8) is 0 Å². The number of amides is 3. The first-order valence-electron chi connectivity index (χ1n) is 5.58. The first-order chi connectivity index (χ1) is 8.18. The summed E-state index contributed by atoms with van der Waals surface area (Å²) in [7, 11) is 0. The molecule has 1 aromatic rings. The van der Waals surface area contributed by atoms with E-state index in [0.29, 0.717) is 12.2 Å². The number of anilines is 1. The molecular weight excluding hydrogens is 284 g/mol. The minimum atomic E-state index is -0.230. The van der Waals surface area contributed by atoms with E-state index >= 15 is 0 Å². The molecule has 3 amide bonds. The Bertz CT molecular complexity index is 464. The highest BCUT2D eigenvalue weighted by Gasteiger charge is 2.47. The molecule has 2 saturated heterocycles. The van der Waals surface area contributed by atoms with E-state index in [0.717, 1.165) is 17.3 Å². The van der Waals surface area contributed by atoms with Gasteiger partial charge in [-0.2, -0.15) is 0 Å². The normalized spacial score (nSPS) is 23.5. The van der Waals surface area contributed by atoms with Crippen LogP contribution in [-0.4, -0.2) is 29.4 Å². The lowest BCUT2D eigenvalue weighted by molar-refractivity contribution is -0.119. The number of hydrogen-bond acceptors (Lipinski definition) is 2. The van der Waals surface area contributed by atoms with Crippen LogP contribution in [0.25, 0.3) is 0 Å². The third-order valence-corrected chi connectivity index (χ3v) is 3.81. The molecule has 5 heteroatoms. The van der Waals surface area contributed by atoms with Crippen LogP contribution in [0.5, 0.6) is 0 Å². The molecule has 4 nitrogen and oxygen atoms in total. The van der Waals surface area contributed by atoms with Gasteiger partial charge in [-0.15, -0.1) is 0 Å². The zero-order valence-electron chi connectivity index (χ0n) is 9.10. The highest BCUT2D eigenvalue weighted by molar-refractivity contribution is 9.10. The summed E-state index contributed by atoms with van der Waals surface area (Å²) in [6.45, 7) is 0.697. The van der Waals surface area contributed by atoms with Gasteiger partial charge >= 0.3 is 6.03 Å². The maximum absolute atomic E-state index is 12.1. The van der Waals surface area contributed by atoms with Gasteiger partial charge in [-0.3, -0.25) is 4.79 Å². The van der Waals surface area contributed by atoms with Crippen LogP contribution in [0, 0.1) is 0 Å². The minimum Gasteiger partial charge on any atom is -0.312 e. The summed E-state index contributed by atoms with van der Waals surface area (Å²) >= 11 is 3.33. The van der Waals surface area contributed by atoms with E-state index in [1.165, 1.54) is 4.90 Å². The molecule has 17 heavy (non-hydrogen) atoms. The van der Waals surface area contributed by atoms with Crippen LogP contribution < -0.4 is 4.90 Å². The average molecular weight is 295 g/mol. The van der Waals surface area contributed by atoms with Gasteiger partial charge in [-0.25, -0.2) is 9.69 Å². The molecule has 2 heterocycles. The third-order valence-electron chi connectivity index (χ3n) is 3.28. The first-order valence-corrected chi connectivity index (χ1v) is 6.38. The van der Waals surface area contributed by atoms with Gasteiger partial charge in [-0.05, 0) is 37.1 Å². The Kier molecular flexibility index (Phi) is 2.43. The summed E-state index contributed by atoms with van der Waals surface area (Å²) in [6.07, 6.45) is 1.72. The lowest BCUT2D eigenvalue weighted by Crippen LogP contribution is -2.32. The second kappa shape index (κ2) is 3.84. The highest BCUT2D eigenvalue weighted by atomic mass is 79.9. The largest absolute Gasteiger partial charge is 0.332 e. The quantitative estimate of drug-likeness (QED) is 0.746. The number of nitrogens with zero attached hydrogens (tertiary/aromatic N) is 2. The van der Waals surface area contributed by atoms with Crippen LogP contribution in [0.2, 0.25) is 0 Å². The molecule has 2 aliphatic rings. The van der Waals surface area contributed by atoms with Gasteiger partial charge in [0, 0.05) is 11.0 Å². The van der Waals surface area contributed by atoms with Crippen molar-refractivity contribution in [2.45, 2.75) is 18.9 Å². The molecule has 0 bridgehead atoms. The fourth-order valence-corrected chi connectivity index (χ4v) is 2.72. The van der Waals surface area contributed by atoms with Crippen LogP contribution in [0.4, 0.5) is 10.5 Å². The minimum absolute atomic E-state index is 0.0881. The lowest BCUT2D eigenvalue weighted by atomic mass is 10.2. The summed E-state index contributed by atoms with van der Waals surface area (Å²) < 4.78 is 0.931. The number of fused-ring (bicyclic) bond motifs is 1. The Morgan fingerprint density at radius 2 is 1.88 bits per heavy atom. The van der Waals surface area contributed by atoms with E-state index in [1.54, 1.807) is 17.0 Å². The molecule has 1 atom stereocenters. The number of carbonyl (C=O) groups is 2. The van der Waals surface area contributed by atoms with Crippen molar-refractivity contribution in [3.8, 4) is 0 Å². The van der Waals surface area contributed by atoms with Crippen molar-refractivity contribution in [1.82, 2.24) is 4.90 Å². The molecule has 1 unspecified atom stereocenters. The van der Waals surface area contributed by atoms with E-state index in [-0.39, 0.29) is 18.0 Å². The van der Waals surface area contributed by atoms with Gasteiger partial charge in [0.2, 0.25) is 0 Å². The zero-order valence-corrected chi connectivity index (χ0v) is 10.7. The standard InChI is InChI=1S/C12H11BrN2O2/c13-8-3-5-9(6-4-8)15-11(16)10-2-1-7-14(10)12(15)17/h3-6,10H,1-2,7H2. The maximum Gasteiger partial charge on any atom is 0.332 e. The number of carbonyl (C=O) groups excluding carboxylic acids is 2. The Balaban J connectivity index is 1.96. The molecule has 0 spiro atoms. The fraction of sp³-hybridized carbons (Fsp3) is 0.333. The number of benzene rings is 1. The van der Waals surface area contributed by atoms with Crippen LogP contribution in [0.15, 0.2) is 28.7 Å². The van der Waals surface area contributed by atoms with Gasteiger partial charge in [0.1, 0.15) is 6.04 Å². The van der Waals surface area contributed by atoms with E-state index in [4.69, 9.17) is 0 Å². The Morgan fingerprint density at radius 1 is 1.18 bits per heavy atom. The van der Waals surface area contributed by atoms with Crippen molar-refractivity contribution < 1.29 is 9.59 Å². The highest BCUT2D eigenvalue weighted by Crippen LogP contribution is 2.31. The van der Waals surface area contributed by atoms with Gasteiger partial charge < -0.3 is 4.90 Å². The smallest absolute Gasteiger partial charge is 0.312 e. The molecule has 3 rings (SSSR count). The molecular formula is C12H11BrN2O2. The number of rotatable bonds is 1. The van der Waals surface area contributed by atoms with E-state index in [2.05, 4.69) is 15.9 Å². The Hall–Kier alpha value is -1.36. The van der Waals surface area contributed by atoms with Crippen molar-refractivity contribution in [3.05, 3.63) is 28.7 Å². The van der Waals surface area contributed by atoms with Crippen LogP contribution in [0.3, 0.4) is 0 Å². The summed E-state index contributed by atoms with van der Waals surface area (Å²) in [4.78, 5) is 27.2. The molecule has 0 saturated carbocycles. The van der Waals surface area contributed by atoms with Crippen molar-refractivity contribution >= 4 is 33.6 Å². The summed E-state index contributed by atoms with van der Waals surface area (Å²) in [5.41, 5.74) is 0.651. The molecule has 0 aromatic heterocycles. The number of hydrogen-bond donors (Lipinski definition) is 0. The van der Waals surface area contributed by atoms with Crippen molar-refractivity contribution in [2.24, 2.45) is 0 Å². The molecule has 0 radical (unpaired) electrons. The van der Waals surface area contributed by atoms with Crippen LogP contribution >= 0.6 is 15.9 Å². The molecule has 88 valence electrons. The number of halogens is 1. The molecule has 2 aliphatic heterocycles. The summed E-state index contributed by atoms with van der Waals surface area (Å²) in [5, 5.41) is 0. The second-order valence-electron chi connectivity index (χ2n) is 4.28. The van der Waals surface area contributed by atoms with Gasteiger partial charge in [0.25, 0.3) is 5.91 Å². The van der Waals surface area contributed by atoms with Crippen LogP contribution in [0.1, 0.15) is 12.8 Å². The average Bonchev–Trinajstić information content (AvgIpc) is 2.87. The van der Waals surface area contributed by atoms with Crippen molar-refractivity contribution in [2.75, 3.05) is 11.4 Å². The monoisotopic (exact) mass is 294 g/mol. The number of imide groups is 1. The number of urea groups is 1. The SMILES string of the molecule is O=C1C2CCCN2C(=O)N1c1ccc(Br)cc1. The van der Waals surface area contributed by atoms with Gasteiger partial charge in [-0.1, -0.05) is 15.9 Å². The van der Waals surface area contributed by atoms with E-state index in [9.17, 15) is 9.59 Å². The Morgan fingerprint density at radius 3 is 2.53 bits per heavy atom. The van der Waals surface area contributed by atoms with Gasteiger partial charge in [0.15, 0.2) is 0 Å². The zero-order chi connectivity index (χ0) is 12.0. The predicted octanol–water partition coefficient (Wildman–Crippen LogP) is 2.38. The van der Waals surface area contributed by atoms with E-state index < -0.39 is 0 Å². The summed E-state index contributed by atoms with van der Waals surface area (Å²) in [5.74, 6) is -0.0881.